The summed E-state index contributed by atoms with van der Waals surface area (Å²) in [6, 6.07) is 4.83. The number of nitrogens with zero attached hydrogens (tertiary/aromatic N) is 1. The average molecular weight is 521 g/mol. The molecule has 0 radical (unpaired) electrons. The lowest BCUT2D eigenvalue weighted by Crippen LogP contribution is -2.56. The van der Waals surface area contributed by atoms with Crippen LogP contribution in [0.25, 0.3) is 0 Å². The van der Waals surface area contributed by atoms with Crippen molar-refractivity contribution in [2.24, 2.45) is 27.9 Å². The van der Waals surface area contributed by atoms with Crippen molar-refractivity contribution in [3.8, 4) is 0 Å². The van der Waals surface area contributed by atoms with Gasteiger partial charge in [0.1, 0.15) is 18.1 Å². The molecule has 3 amide bonds. The van der Waals surface area contributed by atoms with E-state index in [2.05, 4.69) is 20.9 Å². The summed E-state index contributed by atoms with van der Waals surface area (Å²) in [4.78, 5) is 53.7. The number of unbranched alkanes of at least 4 members (excludes halogenated alkanes) is 1. The standard InChI is InChI=1S/C24H40N8O5/c1-15(30-21(34)17(26)10-7-13-29-24(27)28)20(33)31-18(11-5-6-12-25)22(35)32-19(23(36)37)14-16-8-3-2-4-9-16/h2-4,8-9,15,17-19H,5-7,10-14,25-26H2,1H3,(H,30,34)(H,31,33)(H,32,35)(H,36,37)(H4,27,28,29). The minimum Gasteiger partial charge on any atom is -0.480 e. The van der Waals surface area contributed by atoms with Gasteiger partial charge in [-0.25, -0.2) is 4.79 Å². The summed E-state index contributed by atoms with van der Waals surface area (Å²) in [5.41, 5.74) is 22.7. The Labute approximate surface area is 216 Å². The Morgan fingerprint density at radius 2 is 1.54 bits per heavy atom. The number of hydrogen-bond donors (Lipinski definition) is 8. The van der Waals surface area contributed by atoms with Gasteiger partial charge in [0, 0.05) is 13.0 Å². The monoisotopic (exact) mass is 520 g/mol. The van der Waals surface area contributed by atoms with Gasteiger partial charge in [0.2, 0.25) is 17.7 Å². The molecule has 0 heterocycles. The van der Waals surface area contributed by atoms with Crippen molar-refractivity contribution in [1.29, 1.82) is 0 Å². The van der Waals surface area contributed by atoms with Crippen molar-refractivity contribution in [3.05, 3.63) is 35.9 Å². The summed E-state index contributed by atoms with van der Waals surface area (Å²) in [5.74, 6) is -3.03. The van der Waals surface area contributed by atoms with Crippen LogP contribution >= 0.6 is 0 Å². The van der Waals surface area contributed by atoms with Gasteiger partial charge in [-0.05, 0) is 51.1 Å². The Bertz CT molecular complexity index is 908. The van der Waals surface area contributed by atoms with Crippen LogP contribution in [0.1, 0.15) is 44.6 Å². The van der Waals surface area contributed by atoms with E-state index in [1.807, 2.05) is 0 Å². The quantitative estimate of drug-likeness (QED) is 0.0662. The molecular formula is C24H40N8O5. The molecule has 206 valence electrons. The van der Waals surface area contributed by atoms with Crippen molar-refractivity contribution in [2.75, 3.05) is 13.1 Å². The van der Waals surface area contributed by atoms with Crippen molar-refractivity contribution < 1.29 is 24.3 Å². The molecule has 13 heteroatoms. The number of amides is 3. The van der Waals surface area contributed by atoms with E-state index in [-0.39, 0.29) is 18.8 Å². The number of carboxylic acids is 1. The lowest BCUT2D eigenvalue weighted by Gasteiger charge is -2.24. The first-order chi connectivity index (χ1) is 17.5. The van der Waals surface area contributed by atoms with Gasteiger partial charge in [-0.2, -0.15) is 0 Å². The number of benzene rings is 1. The third-order valence-electron chi connectivity index (χ3n) is 5.53. The Balaban J connectivity index is 2.75. The number of carboxylic acid groups (broad SMARTS) is 1. The van der Waals surface area contributed by atoms with Gasteiger partial charge in [0.25, 0.3) is 0 Å². The number of guanidine groups is 1. The fraction of sp³-hybridized carbons (Fsp3) is 0.542. The summed E-state index contributed by atoms with van der Waals surface area (Å²) in [6.07, 6.45) is 2.26. The second-order valence-electron chi connectivity index (χ2n) is 8.72. The highest BCUT2D eigenvalue weighted by atomic mass is 16.4. The van der Waals surface area contributed by atoms with Crippen LogP contribution < -0.4 is 38.9 Å². The van der Waals surface area contributed by atoms with Gasteiger partial charge in [-0.1, -0.05) is 30.3 Å². The molecule has 4 unspecified atom stereocenters. The zero-order chi connectivity index (χ0) is 27.8. The highest BCUT2D eigenvalue weighted by molar-refractivity contribution is 5.93. The van der Waals surface area contributed by atoms with Gasteiger partial charge < -0.3 is 44.0 Å². The lowest BCUT2D eigenvalue weighted by atomic mass is 10.0. The highest BCUT2D eigenvalue weighted by Gasteiger charge is 2.28. The number of hydrogen-bond acceptors (Lipinski definition) is 7. The van der Waals surface area contributed by atoms with E-state index in [0.29, 0.717) is 38.8 Å². The zero-order valence-corrected chi connectivity index (χ0v) is 21.2. The molecule has 1 rings (SSSR count). The summed E-state index contributed by atoms with van der Waals surface area (Å²) >= 11 is 0. The van der Waals surface area contributed by atoms with Gasteiger partial charge in [0.15, 0.2) is 5.96 Å². The molecule has 12 N–H and O–H groups in total. The Hall–Kier alpha value is -3.71. The molecular weight excluding hydrogens is 480 g/mol. The van der Waals surface area contributed by atoms with E-state index < -0.39 is 47.9 Å². The highest BCUT2D eigenvalue weighted by Crippen LogP contribution is 2.07. The van der Waals surface area contributed by atoms with Crippen molar-refractivity contribution in [3.63, 3.8) is 0 Å². The average Bonchev–Trinajstić information content (AvgIpc) is 2.85. The minimum absolute atomic E-state index is 0.0527. The van der Waals surface area contributed by atoms with Crippen LogP contribution in [0.5, 0.6) is 0 Å². The Morgan fingerprint density at radius 3 is 2.14 bits per heavy atom. The van der Waals surface area contributed by atoms with E-state index >= 15 is 0 Å². The van der Waals surface area contributed by atoms with E-state index in [1.54, 1.807) is 30.3 Å². The number of carbonyl (C=O) groups is 4. The van der Waals surface area contributed by atoms with Crippen molar-refractivity contribution in [2.45, 2.75) is 69.6 Å². The van der Waals surface area contributed by atoms with Crippen molar-refractivity contribution in [1.82, 2.24) is 16.0 Å². The summed E-state index contributed by atoms with van der Waals surface area (Å²) in [6.45, 7) is 2.19. The fourth-order valence-corrected chi connectivity index (χ4v) is 3.42. The van der Waals surface area contributed by atoms with Crippen LogP contribution in [-0.4, -0.2) is 72.0 Å². The zero-order valence-electron chi connectivity index (χ0n) is 21.2. The van der Waals surface area contributed by atoms with Crippen LogP contribution in [0, 0.1) is 0 Å². The third-order valence-corrected chi connectivity index (χ3v) is 5.53. The summed E-state index contributed by atoms with van der Waals surface area (Å²) in [7, 11) is 0. The van der Waals surface area contributed by atoms with Crippen LogP contribution in [0.2, 0.25) is 0 Å². The molecule has 0 bridgehead atoms. The fourth-order valence-electron chi connectivity index (χ4n) is 3.42. The number of nitrogens with one attached hydrogen (secondary N) is 3. The Kier molecular flexibility index (Phi) is 14.3. The van der Waals surface area contributed by atoms with Crippen molar-refractivity contribution >= 4 is 29.7 Å². The van der Waals surface area contributed by atoms with E-state index in [1.165, 1.54) is 6.92 Å². The van der Waals surface area contributed by atoms with Crippen LogP contribution in [0.4, 0.5) is 0 Å². The topological polar surface area (TPSA) is 241 Å². The van der Waals surface area contributed by atoms with Gasteiger partial charge in [-0.3, -0.25) is 19.4 Å². The molecule has 0 saturated heterocycles. The second kappa shape index (κ2) is 16.9. The first-order valence-corrected chi connectivity index (χ1v) is 12.2. The minimum atomic E-state index is -1.20. The molecule has 0 aliphatic rings. The SMILES string of the molecule is CC(NC(=O)C(N)CCCN=C(N)N)C(=O)NC(CCCCN)C(=O)NC(Cc1ccccc1)C(=O)O. The molecule has 0 fully saturated rings. The predicted molar refractivity (Wildman–Crippen MR) is 140 cm³/mol. The first-order valence-electron chi connectivity index (χ1n) is 12.2. The Morgan fingerprint density at radius 1 is 0.892 bits per heavy atom. The normalized spacial score (nSPS) is 13.9. The summed E-state index contributed by atoms with van der Waals surface area (Å²) < 4.78 is 0. The lowest BCUT2D eigenvalue weighted by molar-refractivity contribution is -0.142. The molecule has 13 nitrogen and oxygen atoms in total. The van der Waals surface area contributed by atoms with E-state index in [0.717, 1.165) is 5.56 Å². The molecule has 0 aliphatic heterocycles. The molecule has 0 aliphatic carbocycles. The molecule has 4 atom stereocenters. The number of rotatable bonds is 17. The van der Waals surface area contributed by atoms with E-state index in [4.69, 9.17) is 22.9 Å². The second-order valence-corrected chi connectivity index (χ2v) is 8.72. The van der Waals surface area contributed by atoms with Gasteiger partial charge >= 0.3 is 5.97 Å². The van der Waals surface area contributed by atoms with Crippen LogP contribution in [-0.2, 0) is 25.6 Å². The number of nitrogens with two attached hydrogens (primary N) is 4. The maximum Gasteiger partial charge on any atom is 0.326 e. The molecule has 1 aromatic rings. The number of aliphatic carboxylic acids is 1. The molecule has 0 spiro atoms. The van der Waals surface area contributed by atoms with Crippen LogP contribution in [0.3, 0.4) is 0 Å². The molecule has 0 saturated carbocycles. The van der Waals surface area contributed by atoms with Gasteiger partial charge in [0.05, 0.1) is 6.04 Å². The first kappa shape index (κ1) is 31.3. The van der Waals surface area contributed by atoms with E-state index in [9.17, 15) is 24.3 Å². The van der Waals surface area contributed by atoms with Gasteiger partial charge in [-0.15, -0.1) is 0 Å². The number of carbonyl (C=O) groups excluding carboxylic acids is 3. The molecule has 37 heavy (non-hydrogen) atoms. The number of aliphatic imine (C=N–C) groups is 1. The maximum atomic E-state index is 13.0. The molecule has 1 aromatic carbocycles. The summed E-state index contributed by atoms with van der Waals surface area (Å²) in [5, 5.41) is 17.3. The maximum absolute atomic E-state index is 13.0. The molecule has 0 aromatic heterocycles. The predicted octanol–water partition coefficient (Wildman–Crippen LogP) is -1.70. The van der Waals surface area contributed by atoms with Crippen LogP contribution in [0.15, 0.2) is 35.3 Å². The largest absolute Gasteiger partial charge is 0.480 e. The third kappa shape index (κ3) is 12.7. The smallest absolute Gasteiger partial charge is 0.326 e.